The molecule has 0 saturated heterocycles. The molecule has 34 heavy (non-hydrogen) atoms. The second-order valence-electron chi connectivity index (χ2n) is 9.20. The number of carbonyl (C=O) groups is 1. The van der Waals surface area contributed by atoms with Gasteiger partial charge in [-0.05, 0) is 69.4 Å². The van der Waals surface area contributed by atoms with Gasteiger partial charge in [-0.1, -0.05) is 30.3 Å². The Labute approximate surface area is 197 Å². The van der Waals surface area contributed by atoms with Gasteiger partial charge in [-0.2, -0.15) is 13.2 Å². The van der Waals surface area contributed by atoms with Crippen molar-refractivity contribution in [2.24, 2.45) is 5.92 Å². The summed E-state index contributed by atoms with van der Waals surface area (Å²) < 4.78 is 65.9. The first-order chi connectivity index (χ1) is 15.8. The molecule has 3 N–H and O–H groups in total. The van der Waals surface area contributed by atoms with Crippen LogP contribution in [-0.2, 0) is 21.0 Å². The molecule has 6 nitrogen and oxygen atoms in total. The number of hydrogen-bond acceptors (Lipinski definition) is 4. The Bertz CT molecular complexity index is 1070. The molecule has 0 spiro atoms. The largest absolute Gasteiger partial charge is 0.416 e. The molecule has 1 aliphatic rings. The maximum atomic E-state index is 12.9. The Morgan fingerprint density at radius 2 is 1.53 bits per heavy atom. The van der Waals surface area contributed by atoms with Gasteiger partial charge in [-0.3, -0.25) is 4.79 Å². The molecule has 1 saturated carbocycles. The van der Waals surface area contributed by atoms with Gasteiger partial charge in [0.15, 0.2) is 0 Å². The van der Waals surface area contributed by atoms with Gasteiger partial charge < -0.3 is 10.4 Å². The molecule has 2 aromatic rings. The van der Waals surface area contributed by atoms with Crippen LogP contribution in [-0.4, -0.2) is 31.1 Å². The highest BCUT2D eigenvalue weighted by atomic mass is 32.2. The average molecular weight is 499 g/mol. The molecule has 0 unspecified atom stereocenters. The van der Waals surface area contributed by atoms with Crippen molar-refractivity contribution in [3.8, 4) is 0 Å². The fourth-order valence-corrected chi connectivity index (χ4v) is 5.46. The third kappa shape index (κ3) is 6.58. The second-order valence-corrected chi connectivity index (χ2v) is 10.9. The van der Waals surface area contributed by atoms with Crippen LogP contribution in [0.2, 0.25) is 0 Å². The van der Waals surface area contributed by atoms with Crippen molar-refractivity contribution in [2.75, 3.05) is 0 Å². The molecule has 2 aromatic carbocycles. The van der Waals surface area contributed by atoms with Gasteiger partial charge in [0.25, 0.3) is 0 Å². The molecule has 3 rings (SSSR count). The van der Waals surface area contributed by atoms with Gasteiger partial charge in [0.1, 0.15) is 0 Å². The van der Waals surface area contributed by atoms with E-state index in [1.807, 2.05) is 30.3 Å². The molecular weight excluding hydrogens is 469 g/mol. The Morgan fingerprint density at radius 1 is 0.971 bits per heavy atom. The first-order valence-electron chi connectivity index (χ1n) is 11.0. The van der Waals surface area contributed by atoms with Gasteiger partial charge >= 0.3 is 6.18 Å². The summed E-state index contributed by atoms with van der Waals surface area (Å²) in [6.45, 7) is 3.25. The fraction of sp³-hybridized carbons (Fsp3) is 0.458. The van der Waals surface area contributed by atoms with Crippen LogP contribution in [0.25, 0.3) is 0 Å². The van der Waals surface area contributed by atoms with E-state index in [0.29, 0.717) is 25.7 Å². The first-order valence-corrected chi connectivity index (χ1v) is 12.5. The lowest BCUT2D eigenvalue weighted by Gasteiger charge is -2.34. The SMILES string of the molecule is CC(C)(O)[C@@H](NC(=O)[C@H]1CC[C@H](NS(=O)(=O)c2ccc(C(F)(F)F)cc2)CC1)c1ccccc1. The van der Waals surface area contributed by atoms with Crippen LogP contribution in [0.3, 0.4) is 0 Å². The molecule has 0 aliphatic heterocycles. The van der Waals surface area contributed by atoms with E-state index in [-0.39, 0.29) is 16.7 Å². The molecule has 1 atom stereocenters. The van der Waals surface area contributed by atoms with E-state index >= 15 is 0 Å². The standard InChI is InChI=1S/C24H29F3N2O4S/c1-23(2,31)21(16-6-4-3-5-7-16)28-22(30)17-8-12-19(13-9-17)29-34(32,33)20-14-10-18(11-15-20)24(25,26)27/h3-7,10-11,14-15,17,19,21,29,31H,8-9,12-13H2,1-2H3,(H,28,30)/t17-,19-,21-/m0/s1. The minimum atomic E-state index is -4.54. The zero-order valence-electron chi connectivity index (χ0n) is 19.0. The Balaban J connectivity index is 1.58. The second kappa shape index (κ2) is 10.1. The number of carbonyl (C=O) groups excluding carboxylic acids is 1. The van der Waals surface area contributed by atoms with Gasteiger partial charge in [-0.25, -0.2) is 13.1 Å². The number of sulfonamides is 1. The number of alkyl halides is 3. The summed E-state index contributed by atoms with van der Waals surface area (Å²) in [5.41, 5.74) is -1.33. The number of benzene rings is 2. The predicted octanol–water partition coefficient (Wildman–Crippen LogP) is 4.17. The molecular formula is C24H29F3N2O4S. The monoisotopic (exact) mass is 498 g/mol. The van der Waals surface area contributed by atoms with Crippen LogP contribution >= 0.6 is 0 Å². The summed E-state index contributed by atoms with van der Waals surface area (Å²) in [4.78, 5) is 12.7. The lowest BCUT2D eigenvalue weighted by Crippen LogP contribution is -2.46. The maximum Gasteiger partial charge on any atom is 0.416 e. The van der Waals surface area contributed by atoms with Gasteiger partial charge in [0, 0.05) is 12.0 Å². The zero-order chi connectivity index (χ0) is 25.1. The zero-order valence-corrected chi connectivity index (χ0v) is 19.8. The summed E-state index contributed by atoms with van der Waals surface area (Å²) in [5, 5.41) is 13.5. The van der Waals surface area contributed by atoms with Crippen molar-refractivity contribution in [2.45, 2.75) is 68.3 Å². The van der Waals surface area contributed by atoms with Crippen LogP contribution in [0.4, 0.5) is 13.2 Å². The summed E-state index contributed by atoms with van der Waals surface area (Å²) >= 11 is 0. The van der Waals surface area contributed by atoms with Gasteiger partial charge in [-0.15, -0.1) is 0 Å². The van der Waals surface area contributed by atoms with E-state index in [0.717, 1.165) is 29.8 Å². The van der Waals surface area contributed by atoms with Crippen LogP contribution in [0.15, 0.2) is 59.5 Å². The molecule has 0 aromatic heterocycles. The minimum absolute atomic E-state index is 0.208. The quantitative estimate of drug-likeness (QED) is 0.534. The van der Waals surface area contributed by atoms with Gasteiger partial charge in [0.05, 0.1) is 22.1 Å². The van der Waals surface area contributed by atoms with Crippen LogP contribution in [0.5, 0.6) is 0 Å². The number of hydrogen-bond donors (Lipinski definition) is 3. The average Bonchev–Trinajstić information content (AvgIpc) is 2.77. The summed E-state index contributed by atoms with van der Waals surface area (Å²) in [5.74, 6) is -0.541. The van der Waals surface area contributed by atoms with Crippen LogP contribution in [0, 0.1) is 5.92 Å². The summed E-state index contributed by atoms with van der Waals surface area (Å²) in [7, 11) is -3.99. The molecule has 0 bridgehead atoms. The number of aliphatic hydroxyl groups is 1. The van der Waals surface area contributed by atoms with Crippen molar-refractivity contribution in [3.05, 3.63) is 65.7 Å². The van der Waals surface area contributed by atoms with Crippen molar-refractivity contribution in [3.63, 3.8) is 0 Å². The minimum Gasteiger partial charge on any atom is -0.388 e. The van der Waals surface area contributed by atoms with Crippen LogP contribution < -0.4 is 10.0 Å². The Hall–Kier alpha value is -2.43. The normalized spacial score (nSPS) is 20.5. The predicted molar refractivity (Wildman–Crippen MR) is 121 cm³/mol. The topological polar surface area (TPSA) is 95.5 Å². The Morgan fingerprint density at radius 3 is 2.03 bits per heavy atom. The summed E-state index contributed by atoms with van der Waals surface area (Å²) in [6, 6.07) is 11.5. The highest BCUT2D eigenvalue weighted by molar-refractivity contribution is 7.89. The lowest BCUT2D eigenvalue weighted by molar-refractivity contribution is -0.137. The molecule has 1 aliphatic carbocycles. The molecule has 0 radical (unpaired) electrons. The van der Waals surface area contributed by atoms with E-state index in [4.69, 9.17) is 0 Å². The molecule has 186 valence electrons. The number of rotatable bonds is 7. The van der Waals surface area contributed by atoms with Crippen molar-refractivity contribution in [1.29, 1.82) is 0 Å². The van der Waals surface area contributed by atoms with E-state index in [9.17, 15) is 31.5 Å². The van der Waals surface area contributed by atoms with Crippen LogP contribution in [0.1, 0.15) is 56.7 Å². The lowest BCUT2D eigenvalue weighted by atomic mass is 9.84. The van der Waals surface area contributed by atoms with Gasteiger partial charge in [0.2, 0.25) is 15.9 Å². The smallest absolute Gasteiger partial charge is 0.388 e. The highest BCUT2D eigenvalue weighted by Gasteiger charge is 2.35. The van der Waals surface area contributed by atoms with E-state index in [1.165, 1.54) is 0 Å². The van der Waals surface area contributed by atoms with E-state index < -0.39 is 39.4 Å². The maximum absolute atomic E-state index is 12.9. The van der Waals surface area contributed by atoms with E-state index in [1.54, 1.807) is 13.8 Å². The van der Waals surface area contributed by atoms with Crippen molar-refractivity contribution < 1.29 is 31.5 Å². The van der Waals surface area contributed by atoms with Crippen molar-refractivity contribution >= 4 is 15.9 Å². The summed E-state index contributed by atoms with van der Waals surface area (Å²) in [6.07, 6.45) is -2.83. The molecule has 10 heteroatoms. The Kier molecular flexibility index (Phi) is 7.74. The van der Waals surface area contributed by atoms with E-state index in [2.05, 4.69) is 10.0 Å². The molecule has 1 amide bonds. The molecule has 1 fully saturated rings. The fourth-order valence-electron chi connectivity index (χ4n) is 4.16. The number of halogens is 3. The third-order valence-corrected chi connectivity index (χ3v) is 7.57. The number of amides is 1. The number of nitrogens with one attached hydrogen (secondary N) is 2. The molecule has 0 heterocycles. The van der Waals surface area contributed by atoms with Crippen molar-refractivity contribution in [1.82, 2.24) is 10.0 Å². The third-order valence-electron chi connectivity index (χ3n) is 6.04. The first kappa shape index (κ1) is 26.2. The highest BCUT2D eigenvalue weighted by Crippen LogP contribution is 2.31.